The molecule has 3 heterocycles. The minimum atomic E-state index is -0.134. The van der Waals surface area contributed by atoms with Crippen molar-refractivity contribution >= 4 is 11.8 Å². The smallest absolute Gasteiger partial charge is 0.230 e. The van der Waals surface area contributed by atoms with Crippen molar-refractivity contribution in [1.29, 1.82) is 0 Å². The van der Waals surface area contributed by atoms with Gasteiger partial charge in [0, 0.05) is 26.2 Å². The molecule has 0 aromatic heterocycles. The fraction of sp³-hybridized carbons (Fsp3) is 0.889. The highest BCUT2D eigenvalue weighted by Gasteiger charge is 2.49. The van der Waals surface area contributed by atoms with E-state index < -0.39 is 0 Å². The first-order chi connectivity index (χ1) is 11.2. The Bertz CT molecular complexity index is 487. The van der Waals surface area contributed by atoms with Crippen molar-refractivity contribution in [1.82, 2.24) is 15.1 Å². The minimum absolute atomic E-state index is 0.00365. The lowest BCUT2D eigenvalue weighted by Crippen LogP contribution is -2.52. The van der Waals surface area contributed by atoms with Gasteiger partial charge < -0.3 is 15.1 Å². The molecule has 5 nitrogen and oxygen atoms in total. The van der Waals surface area contributed by atoms with Crippen molar-refractivity contribution in [3.63, 3.8) is 0 Å². The lowest BCUT2D eigenvalue weighted by Gasteiger charge is -2.40. The zero-order valence-corrected chi connectivity index (χ0v) is 14.1. The van der Waals surface area contributed by atoms with Crippen molar-refractivity contribution in [2.75, 3.05) is 39.3 Å². The van der Waals surface area contributed by atoms with Gasteiger partial charge in [0.1, 0.15) is 0 Å². The number of likely N-dealkylation sites (tertiary alicyclic amines) is 1. The van der Waals surface area contributed by atoms with Gasteiger partial charge in [0.05, 0.1) is 11.3 Å². The van der Waals surface area contributed by atoms with E-state index in [0.29, 0.717) is 18.4 Å². The largest absolute Gasteiger partial charge is 0.356 e. The quantitative estimate of drug-likeness (QED) is 0.848. The molecule has 0 aromatic rings. The Labute approximate surface area is 138 Å². The summed E-state index contributed by atoms with van der Waals surface area (Å²) in [5, 5.41) is 3.10. The first-order valence-electron chi connectivity index (χ1n) is 9.46. The van der Waals surface area contributed by atoms with Crippen LogP contribution < -0.4 is 5.32 Å². The van der Waals surface area contributed by atoms with Gasteiger partial charge in [0.15, 0.2) is 0 Å². The Hall–Kier alpha value is -1.10. The maximum Gasteiger partial charge on any atom is 0.230 e. The third kappa shape index (κ3) is 3.12. The molecule has 0 spiro atoms. The molecule has 128 valence electrons. The standard InChI is InChI=1S/C18H29N3O2/c22-16(19-11-14-4-5-14)15-3-1-9-21(12-15)17(23)18-6-2-8-20(13-18)10-7-18/h14-15H,1-13H2,(H,19,22). The maximum atomic E-state index is 13.1. The monoisotopic (exact) mass is 319 g/mol. The van der Waals surface area contributed by atoms with Crippen LogP contribution in [0.3, 0.4) is 0 Å². The third-order valence-corrected chi connectivity index (χ3v) is 6.36. The van der Waals surface area contributed by atoms with Crippen LogP contribution in [0.25, 0.3) is 0 Å². The van der Waals surface area contributed by atoms with E-state index in [0.717, 1.165) is 64.8 Å². The van der Waals surface area contributed by atoms with Gasteiger partial charge in [-0.1, -0.05) is 0 Å². The first kappa shape index (κ1) is 15.4. The molecule has 0 aromatic carbocycles. The number of hydrogen-bond donors (Lipinski definition) is 1. The van der Waals surface area contributed by atoms with E-state index in [1.807, 2.05) is 4.90 Å². The lowest BCUT2D eigenvalue weighted by atomic mass is 9.79. The highest BCUT2D eigenvalue weighted by molar-refractivity contribution is 5.85. The molecular weight excluding hydrogens is 290 g/mol. The number of nitrogens with zero attached hydrogens (tertiary/aromatic N) is 2. The van der Waals surface area contributed by atoms with Crippen LogP contribution in [-0.2, 0) is 9.59 Å². The van der Waals surface area contributed by atoms with Gasteiger partial charge >= 0.3 is 0 Å². The molecule has 23 heavy (non-hydrogen) atoms. The average Bonchev–Trinajstić information content (AvgIpc) is 3.37. The Morgan fingerprint density at radius 3 is 2.74 bits per heavy atom. The Kier molecular flexibility index (Phi) is 4.08. The summed E-state index contributed by atoms with van der Waals surface area (Å²) in [6.07, 6.45) is 7.61. The van der Waals surface area contributed by atoms with E-state index >= 15 is 0 Å². The summed E-state index contributed by atoms with van der Waals surface area (Å²) in [6.45, 7) is 5.49. The summed E-state index contributed by atoms with van der Waals surface area (Å²) < 4.78 is 0. The molecule has 2 bridgehead atoms. The van der Waals surface area contributed by atoms with E-state index in [2.05, 4.69) is 10.2 Å². The van der Waals surface area contributed by atoms with Crippen molar-refractivity contribution in [2.24, 2.45) is 17.3 Å². The molecule has 3 unspecified atom stereocenters. The van der Waals surface area contributed by atoms with Crippen LogP contribution in [0.2, 0.25) is 0 Å². The minimum Gasteiger partial charge on any atom is -0.356 e. The number of rotatable bonds is 4. The SMILES string of the molecule is O=C(NCC1CC1)C1CCCN(C(=O)C23CCCN(CC2)C3)C1. The van der Waals surface area contributed by atoms with Gasteiger partial charge in [0.25, 0.3) is 0 Å². The molecule has 1 saturated carbocycles. The van der Waals surface area contributed by atoms with Gasteiger partial charge in [-0.15, -0.1) is 0 Å². The molecule has 5 heteroatoms. The molecule has 4 aliphatic rings. The van der Waals surface area contributed by atoms with Crippen LogP contribution in [0.15, 0.2) is 0 Å². The Morgan fingerprint density at radius 1 is 1.04 bits per heavy atom. The molecule has 2 amide bonds. The predicted molar refractivity (Wildman–Crippen MR) is 87.8 cm³/mol. The van der Waals surface area contributed by atoms with E-state index in [1.165, 1.54) is 12.8 Å². The van der Waals surface area contributed by atoms with Crippen LogP contribution in [0, 0.1) is 17.3 Å². The number of nitrogens with one attached hydrogen (secondary N) is 1. The van der Waals surface area contributed by atoms with E-state index in [1.54, 1.807) is 0 Å². The summed E-state index contributed by atoms with van der Waals surface area (Å²) in [6, 6.07) is 0. The summed E-state index contributed by atoms with van der Waals surface area (Å²) in [4.78, 5) is 30.0. The van der Waals surface area contributed by atoms with Gasteiger partial charge in [0.2, 0.25) is 11.8 Å². The number of hydrogen-bond acceptors (Lipinski definition) is 3. The van der Waals surface area contributed by atoms with Crippen LogP contribution >= 0.6 is 0 Å². The molecule has 3 saturated heterocycles. The van der Waals surface area contributed by atoms with Crippen molar-refractivity contribution in [2.45, 2.75) is 44.9 Å². The van der Waals surface area contributed by atoms with Crippen LogP contribution in [0.1, 0.15) is 44.9 Å². The molecule has 1 aliphatic carbocycles. The summed E-state index contributed by atoms with van der Waals surface area (Å²) in [5.74, 6) is 1.22. The summed E-state index contributed by atoms with van der Waals surface area (Å²) in [5.41, 5.74) is -0.134. The normalized spacial score (nSPS) is 36.8. The fourth-order valence-corrected chi connectivity index (χ4v) is 4.70. The van der Waals surface area contributed by atoms with Crippen molar-refractivity contribution in [3.05, 3.63) is 0 Å². The fourth-order valence-electron chi connectivity index (χ4n) is 4.70. The molecule has 4 fully saturated rings. The molecule has 3 atom stereocenters. The van der Waals surface area contributed by atoms with Gasteiger partial charge in [-0.3, -0.25) is 9.59 Å². The second-order valence-electron chi connectivity index (χ2n) is 8.19. The van der Waals surface area contributed by atoms with Crippen molar-refractivity contribution < 1.29 is 9.59 Å². The highest BCUT2D eigenvalue weighted by atomic mass is 16.2. The zero-order chi connectivity index (χ0) is 15.9. The molecule has 3 aliphatic heterocycles. The second kappa shape index (κ2) is 6.08. The number of carbonyl (C=O) groups is 2. The molecular formula is C18H29N3O2. The van der Waals surface area contributed by atoms with Gasteiger partial charge in [-0.25, -0.2) is 0 Å². The number of amides is 2. The summed E-state index contributed by atoms with van der Waals surface area (Å²) in [7, 11) is 0. The lowest BCUT2D eigenvalue weighted by molar-refractivity contribution is -0.146. The number of fused-ring (bicyclic) bond motifs is 2. The van der Waals surface area contributed by atoms with Crippen LogP contribution in [0.4, 0.5) is 0 Å². The van der Waals surface area contributed by atoms with Gasteiger partial charge in [-0.2, -0.15) is 0 Å². The highest BCUT2D eigenvalue weighted by Crippen LogP contribution is 2.41. The topological polar surface area (TPSA) is 52.7 Å². The number of piperidine rings is 2. The Morgan fingerprint density at radius 2 is 1.91 bits per heavy atom. The number of carbonyl (C=O) groups excluding carboxylic acids is 2. The van der Waals surface area contributed by atoms with E-state index in [-0.39, 0.29) is 17.2 Å². The molecule has 1 N–H and O–H groups in total. The Balaban J connectivity index is 1.36. The zero-order valence-electron chi connectivity index (χ0n) is 14.1. The summed E-state index contributed by atoms with van der Waals surface area (Å²) >= 11 is 0. The third-order valence-electron chi connectivity index (χ3n) is 6.36. The van der Waals surface area contributed by atoms with Crippen LogP contribution in [0.5, 0.6) is 0 Å². The average molecular weight is 319 g/mol. The molecule has 0 radical (unpaired) electrons. The molecule has 4 rings (SSSR count). The van der Waals surface area contributed by atoms with E-state index in [4.69, 9.17) is 0 Å². The van der Waals surface area contributed by atoms with E-state index in [9.17, 15) is 9.59 Å². The second-order valence-corrected chi connectivity index (χ2v) is 8.19. The maximum absolute atomic E-state index is 13.1. The predicted octanol–water partition coefficient (Wildman–Crippen LogP) is 1.24. The van der Waals surface area contributed by atoms with Crippen molar-refractivity contribution in [3.8, 4) is 0 Å². The van der Waals surface area contributed by atoms with Crippen LogP contribution in [-0.4, -0.2) is 60.9 Å². The van der Waals surface area contributed by atoms with Gasteiger partial charge in [-0.05, 0) is 64.0 Å². The first-order valence-corrected chi connectivity index (χ1v) is 9.46.